The first kappa shape index (κ1) is 16.8. The minimum absolute atomic E-state index is 0.656. The van der Waals surface area contributed by atoms with Crippen LogP contribution in [0.1, 0.15) is 0 Å². The number of methoxy groups -OCH3 is 1. The lowest BCUT2D eigenvalue weighted by Crippen LogP contribution is -2.12. The van der Waals surface area contributed by atoms with Crippen molar-refractivity contribution in [2.45, 2.75) is 0 Å². The van der Waals surface area contributed by atoms with Crippen LogP contribution in [-0.2, 0) is 0 Å². The molecule has 0 atom stereocenters. The highest BCUT2D eigenvalue weighted by Crippen LogP contribution is 2.33. The van der Waals surface area contributed by atoms with Crippen molar-refractivity contribution in [3.63, 3.8) is 0 Å². The summed E-state index contributed by atoms with van der Waals surface area (Å²) in [5.41, 5.74) is 3.00. The Morgan fingerprint density at radius 1 is 0.741 bits per heavy atom. The monoisotopic (exact) mass is 353 g/mol. The Balaban J connectivity index is 1.81. The highest BCUT2D eigenvalue weighted by atomic mass is 16.5. The van der Waals surface area contributed by atoms with Crippen LogP contribution in [0.5, 0.6) is 5.75 Å². The van der Waals surface area contributed by atoms with Crippen molar-refractivity contribution in [3.05, 3.63) is 97.2 Å². The Bertz CT molecular complexity index is 980. The van der Waals surface area contributed by atoms with Crippen LogP contribution in [0.2, 0.25) is 0 Å². The predicted octanol–water partition coefficient (Wildman–Crippen LogP) is 5.62. The SMILES string of the molecule is COc1cccc(-c2nccc(N(c3ccccc3)c3ccccc3)n2)c1. The summed E-state index contributed by atoms with van der Waals surface area (Å²) < 4.78 is 5.33. The van der Waals surface area contributed by atoms with Crippen LogP contribution in [0, 0.1) is 0 Å². The molecule has 0 spiro atoms. The van der Waals surface area contributed by atoms with Gasteiger partial charge < -0.3 is 4.74 Å². The molecule has 4 aromatic rings. The van der Waals surface area contributed by atoms with Crippen LogP contribution in [0.15, 0.2) is 97.2 Å². The molecule has 3 aromatic carbocycles. The fourth-order valence-electron chi connectivity index (χ4n) is 2.94. The lowest BCUT2D eigenvalue weighted by Gasteiger charge is -2.24. The van der Waals surface area contributed by atoms with Crippen LogP contribution in [-0.4, -0.2) is 17.1 Å². The molecular formula is C23H19N3O. The summed E-state index contributed by atoms with van der Waals surface area (Å²) in [6.45, 7) is 0. The summed E-state index contributed by atoms with van der Waals surface area (Å²) in [6, 6.07) is 30.1. The molecule has 4 rings (SSSR count). The number of anilines is 3. The van der Waals surface area contributed by atoms with E-state index in [-0.39, 0.29) is 0 Å². The molecule has 0 bridgehead atoms. The summed E-state index contributed by atoms with van der Waals surface area (Å²) in [5.74, 6) is 2.24. The van der Waals surface area contributed by atoms with E-state index in [1.54, 1.807) is 13.3 Å². The standard InChI is InChI=1S/C23H19N3O/c1-27-21-14-8-9-18(17-21)23-24-16-15-22(25-23)26(19-10-4-2-5-11-19)20-12-6-3-7-13-20/h2-17H,1H3. The third-order valence-electron chi connectivity index (χ3n) is 4.23. The van der Waals surface area contributed by atoms with Gasteiger partial charge >= 0.3 is 0 Å². The summed E-state index contributed by atoms with van der Waals surface area (Å²) in [5, 5.41) is 0. The number of hydrogen-bond acceptors (Lipinski definition) is 4. The van der Waals surface area contributed by atoms with Crippen LogP contribution < -0.4 is 9.64 Å². The van der Waals surface area contributed by atoms with Gasteiger partial charge in [-0.1, -0.05) is 48.5 Å². The Labute approximate surface area is 158 Å². The second kappa shape index (κ2) is 7.70. The molecule has 1 aromatic heterocycles. The van der Waals surface area contributed by atoms with E-state index in [9.17, 15) is 0 Å². The predicted molar refractivity (Wildman–Crippen MR) is 109 cm³/mol. The smallest absolute Gasteiger partial charge is 0.161 e. The maximum atomic E-state index is 5.33. The fourth-order valence-corrected chi connectivity index (χ4v) is 2.94. The second-order valence-electron chi connectivity index (χ2n) is 5.98. The van der Waals surface area contributed by atoms with Crippen molar-refractivity contribution in [3.8, 4) is 17.1 Å². The van der Waals surface area contributed by atoms with E-state index in [1.807, 2.05) is 66.7 Å². The van der Waals surface area contributed by atoms with E-state index < -0.39 is 0 Å². The van der Waals surface area contributed by atoms with Crippen molar-refractivity contribution in [2.75, 3.05) is 12.0 Å². The van der Waals surface area contributed by atoms with Gasteiger partial charge in [0.15, 0.2) is 5.82 Å². The van der Waals surface area contributed by atoms with Crippen molar-refractivity contribution in [1.82, 2.24) is 9.97 Å². The number of para-hydroxylation sites is 2. The van der Waals surface area contributed by atoms with Crippen molar-refractivity contribution in [2.24, 2.45) is 0 Å². The molecule has 0 unspecified atom stereocenters. The average molecular weight is 353 g/mol. The summed E-state index contributed by atoms with van der Waals surface area (Å²) in [6.07, 6.45) is 1.79. The van der Waals surface area contributed by atoms with Gasteiger partial charge in [0, 0.05) is 23.1 Å². The van der Waals surface area contributed by atoms with E-state index in [1.165, 1.54) is 0 Å². The number of hydrogen-bond donors (Lipinski definition) is 0. The number of nitrogens with zero attached hydrogens (tertiary/aromatic N) is 3. The zero-order valence-corrected chi connectivity index (χ0v) is 15.0. The molecule has 0 N–H and O–H groups in total. The molecule has 0 aliphatic heterocycles. The molecule has 0 aliphatic rings. The third kappa shape index (κ3) is 3.65. The molecule has 0 aliphatic carbocycles. The molecule has 0 saturated heterocycles. The van der Waals surface area contributed by atoms with Gasteiger partial charge in [0.25, 0.3) is 0 Å². The van der Waals surface area contributed by atoms with Crippen molar-refractivity contribution < 1.29 is 4.74 Å². The Kier molecular flexibility index (Phi) is 4.79. The van der Waals surface area contributed by atoms with Crippen LogP contribution in [0.25, 0.3) is 11.4 Å². The Morgan fingerprint density at radius 3 is 2.04 bits per heavy atom. The maximum Gasteiger partial charge on any atom is 0.161 e. The first-order valence-electron chi connectivity index (χ1n) is 8.73. The molecule has 0 saturated carbocycles. The van der Waals surface area contributed by atoms with Gasteiger partial charge in [-0.3, -0.25) is 4.90 Å². The molecule has 4 heteroatoms. The third-order valence-corrected chi connectivity index (χ3v) is 4.23. The summed E-state index contributed by atoms with van der Waals surface area (Å²) >= 11 is 0. The molecule has 132 valence electrons. The molecule has 27 heavy (non-hydrogen) atoms. The molecule has 0 radical (unpaired) electrons. The van der Waals surface area contributed by atoms with E-state index >= 15 is 0 Å². The Hall–Kier alpha value is -3.66. The molecule has 1 heterocycles. The molecule has 4 nitrogen and oxygen atoms in total. The first-order chi connectivity index (χ1) is 13.3. The zero-order valence-electron chi connectivity index (χ0n) is 15.0. The number of ether oxygens (including phenoxy) is 1. The van der Waals surface area contributed by atoms with E-state index in [2.05, 4.69) is 34.1 Å². The minimum Gasteiger partial charge on any atom is -0.497 e. The van der Waals surface area contributed by atoms with Gasteiger partial charge in [0.05, 0.1) is 7.11 Å². The lowest BCUT2D eigenvalue weighted by atomic mass is 10.2. The number of aromatic nitrogens is 2. The fraction of sp³-hybridized carbons (Fsp3) is 0.0435. The second-order valence-corrected chi connectivity index (χ2v) is 5.98. The van der Waals surface area contributed by atoms with E-state index in [4.69, 9.17) is 9.72 Å². The first-order valence-corrected chi connectivity index (χ1v) is 8.73. The van der Waals surface area contributed by atoms with Crippen molar-refractivity contribution in [1.29, 1.82) is 0 Å². The lowest BCUT2D eigenvalue weighted by molar-refractivity contribution is 0.415. The van der Waals surface area contributed by atoms with Gasteiger partial charge in [0.1, 0.15) is 11.6 Å². The van der Waals surface area contributed by atoms with Gasteiger partial charge in [-0.15, -0.1) is 0 Å². The quantitative estimate of drug-likeness (QED) is 0.466. The van der Waals surface area contributed by atoms with Gasteiger partial charge in [-0.05, 0) is 42.5 Å². The highest BCUT2D eigenvalue weighted by molar-refractivity contribution is 5.75. The number of rotatable bonds is 5. The van der Waals surface area contributed by atoms with Gasteiger partial charge in [-0.2, -0.15) is 0 Å². The summed E-state index contributed by atoms with van der Waals surface area (Å²) in [7, 11) is 1.66. The van der Waals surface area contributed by atoms with Crippen LogP contribution in [0.3, 0.4) is 0 Å². The van der Waals surface area contributed by atoms with E-state index in [0.717, 1.165) is 28.5 Å². The van der Waals surface area contributed by atoms with Gasteiger partial charge in [-0.25, -0.2) is 9.97 Å². The molecule has 0 fully saturated rings. The zero-order chi connectivity index (χ0) is 18.5. The number of benzene rings is 3. The maximum absolute atomic E-state index is 5.33. The average Bonchev–Trinajstić information content (AvgIpc) is 2.76. The Morgan fingerprint density at radius 2 is 1.41 bits per heavy atom. The van der Waals surface area contributed by atoms with Crippen molar-refractivity contribution >= 4 is 17.2 Å². The molecular weight excluding hydrogens is 334 g/mol. The van der Waals surface area contributed by atoms with Crippen LogP contribution in [0.4, 0.5) is 17.2 Å². The summed E-state index contributed by atoms with van der Waals surface area (Å²) in [4.78, 5) is 11.4. The normalized spacial score (nSPS) is 10.4. The minimum atomic E-state index is 0.656. The van der Waals surface area contributed by atoms with Crippen LogP contribution >= 0.6 is 0 Å². The van der Waals surface area contributed by atoms with Gasteiger partial charge in [0.2, 0.25) is 0 Å². The largest absolute Gasteiger partial charge is 0.497 e. The van der Waals surface area contributed by atoms with E-state index in [0.29, 0.717) is 5.82 Å². The topological polar surface area (TPSA) is 38.2 Å². The highest BCUT2D eigenvalue weighted by Gasteiger charge is 2.14. The molecule has 0 amide bonds.